The lowest BCUT2D eigenvalue weighted by atomic mass is 10.1. The van der Waals surface area contributed by atoms with Crippen LogP contribution < -0.4 is 5.32 Å². The Labute approximate surface area is 132 Å². The summed E-state index contributed by atoms with van der Waals surface area (Å²) in [6.45, 7) is 0.840. The summed E-state index contributed by atoms with van der Waals surface area (Å²) in [5.41, 5.74) is 5.31. The summed E-state index contributed by atoms with van der Waals surface area (Å²) >= 11 is 0. The second kappa shape index (κ2) is 6.32. The molecule has 0 fully saturated rings. The number of hydrogen-bond donors (Lipinski definition) is 1. The predicted molar refractivity (Wildman–Crippen MR) is 89.7 cm³/mol. The summed E-state index contributed by atoms with van der Waals surface area (Å²) in [6.07, 6.45) is 1.45. The van der Waals surface area contributed by atoms with Gasteiger partial charge in [0.25, 0.3) is 0 Å². The van der Waals surface area contributed by atoms with Gasteiger partial charge in [0, 0.05) is 20.5 Å². The van der Waals surface area contributed by atoms with E-state index in [2.05, 4.69) is 53.8 Å². The van der Waals surface area contributed by atoms with Crippen molar-refractivity contribution in [2.24, 2.45) is 0 Å². The van der Waals surface area contributed by atoms with Crippen LogP contribution in [0.2, 0.25) is 0 Å². The maximum atomic E-state index is 11.6. The lowest BCUT2D eigenvalue weighted by Crippen LogP contribution is -2.25. The van der Waals surface area contributed by atoms with Crippen LogP contribution in [-0.4, -0.2) is 31.4 Å². The normalized spacial score (nSPS) is 12.8. The molecule has 1 N–H and O–H groups in total. The molecule has 0 aromatic heterocycles. The van der Waals surface area contributed by atoms with Crippen LogP contribution in [0.25, 0.3) is 11.1 Å². The molecule has 3 heteroatoms. The van der Waals surface area contributed by atoms with Gasteiger partial charge in [-0.2, -0.15) is 0 Å². The monoisotopic (exact) mass is 294 g/mol. The first-order valence-corrected chi connectivity index (χ1v) is 7.80. The van der Waals surface area contributed by atoms with Crippen LogP contribution in [0.3, 0.4) is 0 Å². The van der Waals surface area contributed by atoms with Gasteiger partial charge < -0.3 is 10.2 Å². The number of rotatable bonds is 5. The standard InChI is InChI=1S/C19H22N2O/c1-21(2)18(22)12-7-13-20-19-16-10-5-3-8-14(16)15-9-4-6-11-17(15)19/h3-6,8-11,19-20H,7,12-13H2,1-2H3. The van der Waals surface area contributed by atoms with Crippen molar-refractivity contribution in [1.82, 2.24) is 10.2 Å². The molecule has 0 aliphatic heterocycles. The van der Waals surface area contributed by atoms with Crippen molar-refractivity contribution < 1.29 is 4.79 Å². The lowest BCUT2D eigenvalue weighted by molar-refractivity contribution is -0.128. The number of amides is 1. The molecule has 0 spiro atoms. The van der Waals surface area contributed by atoms with Gasteiger partial charge >= 0.3 is 0 Å². The first-order chi connectivity index (χ1) is 10.7. The van der Waals surface area contributed by atoms with Crippen LogP contribution in [0.15, 0.2) is 48.5 Å². The molecule has 0 saturated heterocycles. The molecule has 1 amide bonds. The number of nitrogens with zero attached hydrogens (tertiary/aromatic N) is 1. The second-order valence-electron chi connectivity index (χ2n) is 5.95. The van der Waals surface area contributed by atoms with Crippen LogP contribution in [0.1, 0.15) is 30.0 Å². The van der Waals surface area contributed by atoms with E-state index >= 15 is 0 Å². The highest BCUT2D eigenvalue weighted by Gasteiger charge is 2.27. The Bertz CT molecular complexity index is 633. The molecular formula is C19H22N2O. The number of carbonyl (C=O) groups excluding carboxylic acids is 1. The molecule has 0 bridgehead atoms. The highest BCUT2D eigenvalue weighted by molar-refractivity contribution is 5.78. The van der Waals surface area contributed by atoms with Gasteiger partial charge in [0.2, 0.25) is 5.91 Å². The molecule has 0 atom stereocenters. The third-order valence-electron chi connectivity index (χ3n) is 4.25. The first kappa shape index (κ1) is 14.8. The molecule has 1 aliphatic carbocycles. The Kier molecular flexibility index (Phi) is 4.25. The zero-order valence-corrected chi connectivity index (χ0v) is 13.2. The third-order valence-corrected chi connectivity index (χ3v) is 4.25. The van der Waals surface area contributed by atoms with Crippen LogP contribution in [0.4, 0.5) is 0 Å². The molecule has 114 valence electrons. The molecule has 0 radical (unpaired) electrons. The molecule has 22 heavy (non-hydrogen) atoms. The molecular weight excluding hydrogens is 272 g/mol. The van der Waals surface area contributed by atoms with E-state index in [1.807, 2.05) is 0 Å². The van der Waals surface area contributed by atoms with Gasteiger partial charge in [0.1, 0.15) is 0 Å². The summed E-state index contributed by atoms with van der Waals surface area (Å²) in [5, 5.41) is 3.62. The number of fused-ring (bicyclic) bond motifs is 3. The molecule has 3 nitrogen and oxygen atoms in total. The highest BCUT2D eigenvalue weighted by atomic mass is 16.2. The fraction of sp³-hybridized carbons (Fsp3) is 0.316. The molecule has 0 unspecified atom stereocenters. The van der Waals surface area contributed by atoms with Gasteiger partial charge in [-0.05, 0) is 35.2 Å². The smallest absolute Gasteiger partial charge is 0.222 e. The predicted octanol–water partition coefficient (Wildman–Crippen LogP) is 3.21. The number of benzene rings is 2. The minimum Gasteiger partial charge on any atom is -0.349 e. The van der Waals surface area contributed by atoms with E-state index in [4.69, 9.17) is 0 Å². The molecule has 3 rings (SSSR count). The fourth-order valence-corrected chi connectivity index (χ4v) is 3.09. The first-order valence-electron chi connectivity index (χ1n) is 7.80. The van der Waals surface area contributed by atoms with Crippen molar-refractivity contribution in [2.45, 2.75) is 18.9 Å². The minimum absolute atomic E-state index is 0.189. The van der Waals surface area contributed by atoms with Crippen molar-refractivity contribution in [3.05, 3.63) is 59.7 Å². The van der Waals surface area contributed by atoms with Crippen molar-refractivity contribution in [1.29, 1.82) is 0 Å². The Morgan fingerprint density at radius 1 is 1.00 bits per heavy atom. The van der Waals surface area contributed by atoms with Gasteiger partial charge in [-0.15, -0.1) is 0 Å². The van der Waals surface area contributed by atoms with Crippen molar-refractivity contribution >= 4 is 5.91 Å². The third kappa shape index (κ3) is 2.77. The zero-order chi connectivity index (χ0) is 15.5. The number of carbonyl (C=O) groups is 1. The Morgan fingerprint density at radius 2 is 1.55 bits per heavy atom. The Hall–Kier alpha value is -2.13. The quantitative estimate of drug-likeness (QED) is 0.859. The van der Waals surface area contributed by atoms with E-state index in [0.29, 0.717) is 6.42 Å². The summed E-state index contributed by atoms with van der Waals surface area (Å²) in [7, 11) is 3.61. The van der Waals surface area contributed by atoms with Crippen LogP contribution in [0, 0.1) is 0 Å². The maximum absolute atomic E-state index is 11.6. The van der Waals surface area contributed by atoms with Gasteiger partial charge in [0.05, 0.1) is 6.04 Å². The van der Waals surface area contributed by atoms with Crippen molar-refractivity contribution in [3.8, 4) is 11.1 Å². The summed E-state index contributed by atoms with van der Waals surface area (Å²) in [5.74, 6) is 0.189. The molecule has 2 aromatic rings. The van der Waals surface area contributed by atoms with Gasteiger partial charge in [0.15, 0.2) is 0 Å². The Morgan fingerprint density at radius 3 is 2.09 bits per heavy atom. The van der Waals surface area contributed by atoms with E-state index in [-0.39, 0.29) is 11.9 Å². The number of nitrogens with one attached hydrogen (secondary N) is 1. The van der Waals surface area contributed by atoms with Crippen LogP contribution in [0.5, 0.6) is 0 Å². The van der Waals surface area contributed by atoms with E-state index < -0.39 is 0 Å². The maximum Gasteiger partial charge on any atom is 0.222 e. The Balaban J connectivity index is 1.70. The summed E-state index contributed by atoms with van der Waals surface area (Å²) < 4.78 is 0. The van der Waals surface area contributed by atoms with Crippen LogP contribution in [-0.2, 0) is 4.79 Å². The van der Waals surface area contributed by atoms with Crippen molar-refractivity contribution in [2.75, 3.05) is 20.6 Å². The van der Waals surface area contributed by atoms with Gasteiger partial charge in [-0.25, -0.2) is 0 Å². The summed E-state index contributed by atoms with van der Waals surface area (Å²) in [6, 6.07) is 17.4. The zero-order valence-electron chi connectivity index (χ0n) is 13.2. The van der Waals surface area contributed by atoms with Gasteiger partial charge in [-0.3, -0.25) is 4.79 Å². The van der Waals surface area contributed by atoms with E-state index in [0.717, 1.165) is 13.0 Å². The van der Waals surface area contributed by atoms with E-state index in [1.165, 1.54) is 22.3 Å². The largest absolute Gasteiger partial charge is 0.349 e. The van der Waals surface area contributed by atoms with E-state index in [9.17, 15) is 4.79 Å². The topological polar surface area (TPSA) is 32.3 Å². The molecule has 2 aromatic carbocycles. The SMILES string of the molecule is CN(C)C(=O)CCCNC1c2ccccc2-c2ccccc21. The molecule has 1 aliphatic rings. The summed E-state index contributed by atoms with van der Waals surface area (Å²) in [4.78, 5) is 13.3. The second-order valence-corrected chi connectivity index (χ2v) is 5.95. The average Bonchev–Trinajstić information content (AvgIpc) is 2.86. The highest BCUT2D eigenvalue weighted by Crippen LogP contribution is 2.42. The molecule has 0 saturated carbocycles. The lowest BCUT2D eigenvalue weighted by Gasteiger charge is -2.16. The fourth-order valence-electron chi connectivity index (χ4n) is 3.09. The van der Waals surface area contributed by atoms with Crippen molar-refractivity contribution in [3.63, 3.8) is 0 Å². The average molecular weight is 294 g/mol. The number of hydrogen-bond acceptors (Lipinski definition) is 2. The van der Waals surface area contributed by atoms with E-state index in [1.54, 1.807) is 19.0 Å². The molecule has 0 heterocycles. The van der Waals surface area contributed by atoms with Gasteiger partial charge in [-0.1, -0.05) is 48.5 Å². The van der Waals surface area contributed by atoms with Crippen LogP contribution >= 0.6 is 0 Å². The minimum atomic E-state index is 0.189.